The number of halogens is 1. The van der Waals surface area contributed by atoms with Crippen molar-refractivity contribution in [3.05, 3.63) is 40.3 Å². The molecule has 0 radical (unpaired) electrons. The van der Waals surface area contributed by atoms with Crippen molar-refractivity contribution in [1.82, 2.24) is 0 Å². The summed E-state index contributed by atoms with van der Waals surface area (Å²) in [6, 6.07) is 2.95. The van der Waals surface area contributed by atoms with Crippen molar-refractivity contribution in [3.8, 4) is 0 Å². The quantitative estimate of drug-likeness (QED) is 0.638. The second kappa shape index (κ2) is 5.36. The monoisotopic (exact) mass is 256 g/mol. The van der Waals surface area contributed by atoms with Crippen molar-refractivity contribution in [2.75, 3.05) is 0 Å². The first-order valence-corrected chi connectivity index (χ1v) is 4.90. The van der Waals surface area contributed by atoms with E-state index in [2.05, 4.69) is 0 Å². The first-order valence-electron chi connectivity index (χ1n) is 4.52. The lowest BCUT2D eigenvalue weighted by Crippen LogP contribution is -2.03. The Bertz CT molecular complexity index is 510. The Morgan fingerprint density at radius 2 is 2.00 bits per heavy atom. The summed E-state index contributed by atoms with van der Waals surface area (Å²) in [6.45, 7) is 1.39. The smallest absolute Gasteiger partial charge is 0.336 e. The summed E-state index contributed by atoms with van der Waals surface area (Å²) in [7, 11) is 0. The van der Waals surface area contributed by atoms with E-state index >= 15 is 0 Å². The maximum Gasteiger partial charge on any atom is 0.336 e. The van der Waals surface area contributed by atoms with Crippen LogP contribution in [0.25, 0.3) is 6.08 Å². The average Bonchev–Trinajstić information content (AvgIpc) is 2.58. The lowest BCUT2D eigenvalue weighted by atomic mass is 10.1. The molecule has 1 aromatic rings. The van der Waals surface area contributed by atoms with Gasteiger partial charge < -0.3 is 14.6 Å². The van der Waals surface area contributed by atoms with Crippen LogP contribution in [0.1, 0.15) is 12.7 Å². The van der Waals surface area contributed by atoms with E-state index in [1.807, 2.05) is 0 Å². The third-order valence-electron chi connectivity index (χ3n) is 1.88. The van der Waals surface area contributed by atoms with Crippen LogP contribution in [0.2, 0.25) is 5.22 Å². The molecule has 0 aliphatic carbocycles. The molecule has 0 saturated heterocycles. The minimum atomic E-state index is -1.24. The molecule has 0 unspecified atom stereocenters. The Morgan fingerprint density at radius 3 is 2.41 bits per heavy atom. The molecule has 1 rings (SSSR count). The van der Waals surface area contributed by atoms with Gasteiger partial charge in [-0.1, -0.05) is 0 Å². The number of carbonyl (C=O) groups is 2. The molecule has 5 nitrogen and oxygen atoms in total. The number of hydrogen-bond donors (Lipinski definition) is 2. The Labute approximate surface area is 102 Å². The fourth-order valence-corrected chi connectivity index (χ4v) is 1.31. The van der Waals surface area contributed by atoms with Gasteiger partial charge in [-0.05, 0) is 42.3 Å². The van der Waals surface area contributed by atoms with Crippen molar-refractivity contribution in [2.45, 2.75) is 6.92 Å². The fourth-order valence-electron chi connectivity index (χ4n) is 1.16. The van der Waals surface area contributed by atoms with Gasteiger partial charge in [0, 0.05) is 6.08 Å². The molecule has 1 heterocycles. The largest absolute Gasteiger partial charge is 0.478 e. The molecule has 2 N–H and O–H groups in total. The average molecular weight is 257 g/mol. The number of carboxylic acids is 2. The van der Waals surface area contributed by atoms with Gasteiger partial charge >= 0.3 is 11.9 Å². The van der Waals surface area contributed by atoms with Gasteiger partial charge in [0.15, 0.2) is 5.22 Å². The number of carboxylic acid groups (broad SMARTS) is 2. The van der Waals surface area contributed by atoms with Crippen LogP contribution in [0.15, 0.2) is 33.8 Å². The first-order chi connectivity index (χ1) is 7.90. The second-order valence-electron chi connectivity index (χ2n) is 3.17. The summed E-state index contributed by atoms with van der Waals surface area (Å²) < 4.78 is 4.97. The number of aliphatic carboxylic acids is 2. The summed E-state index contributed by atoms with van der Waals surface area (Å²) in [6.07, 6.45) is 2.02. The molecule has 0 fully saturated rings. The molecule has 0 spiro atoms. The van der Waals surface area contributed by atoms with E-state index in [0.29, 0.717) is 0 Å². The minimum Gasteiger partial charge on any atom is -0.478 e. The minimum absolute atomic E-state index is 0.109. The Balaban J connectivity index is 3.14. The summed E-state index contributed by atoms with van der Waals surface area (Å²) in [5.74, 6) is -2.22. The Hall–Kier alpha value is -2.01. The molecule has 0 bridgehead atoms. The molecule has 1 aromatic heterocycles. The highest BCUT2D eigenvalue weighted by Crippen LogP contribution is 2.19. The highest BCUT2D eigenvalue weighted by Gasteiger charge is 2.12. The third kappa shape index (κ3) is 3.81. The van der Waals surface area contributed by atoms with Crippen molar-refractivity contribution in [2.24, 2.45) is 0 Å². The van der Waals surface area contributed by atoms with Crippen LogP contribution in [0.4, 0.5) is 0 Å². The van der Waals surface area contributed by atoms with Gasteiger partial charge in [0.2, 0.25) is 0 Å². The molecular formula is C11H9ClO5. The zero-order chi connectivity index (χ0) is 13.0. The van der Waals surface area contributed by atoms with Crippen molar-refractivity contribution in [1.29, 1.82) is 0 Å². The molecule has 17 heavy (non-hydrogen) atoms. The maximum atomic E-state index is 11.0. The number of rotatable bonds is 4. The maximum absolute atomic E-state index is 11.0. The van der Waals surface area contributed by atoms with Crippen LogP contribution in [0.5, 0.6) is 0 Å². The zero-order valence-corrected chi connectivity index (χ0v) is 9.56. The van der Waals surface area contributed by atoms with E-state index in [4.69, 9.17) is 26.2 Å². The van der Waals surface area contributed by atoms with E-state index < -0.39 is 11.9 Å². The van der Waals surface area contributed by atoms with Crippen LogP contribution < -0.4 is 0 Å². The predicted molar refractivity (Wildman–Crippen MR) is 60.7 cm³/mol. The van der Waals surface area contributed by atoms with Crippen LogP contribution >= 0.6 is 11.6 Å². The van der Waals surface area contributed by atoms with Gasteiger partial charge in [-0.25, -0.2) is 9.59 Å². The van der Waals surface area contributed by atoms with Crippen LogP contribution in [-0.2, 0) is 9.59 Å². The van der Waals surface area contributed by atoms with Gasteiger partial charge in [-0.2, -0.15) is 0 Å². The van der Waals surface area contributed by atoms with Gasteiger partial charge in [-0.15, -0.1) is 0 Å². The molecular weight excluding hydrogens is 248 g/mol. The summed E-state index contributed by atoms with van der Waals surface area (Å²) >= 11 is 5.54. The lowest BCUT2D eigenvalue weighted by molar-refractivity contribution is -0.132. The molecule has 0 saturated carbocycles. The SMILES string of the molecule is CC(=CC(=O)O)C(=Cc1ccc(Cl)o1)C(=O)O. The van der Waals surface area contributed by atoms with E-state index in [0.717, 1.165) is 6.08 Å². The third-order valence-corrected chi connectivity index (χ3v) is 2.08. The van der Waals surface area contributed by atoms with Crippen LogP contribution in [0, 0.1) is 0 Å². The van der Waals surface area contributed by atoms with E-state index in [9.17, 15) is 9.59 Å². The molecule has 0 aliphatic rings. The summed E-state index contributed by atoms with van der Waals surface area (Å²) in [4.78, 5) is 21.4. The van der Waals surface area contributed by atoms with Crippen molar-refractivity contribution >= 4 is 29.6 Å². The predicted octanol–water partition coefficient (Wildman–Crippen LogP) is 2.43. The van der Waals surface area contributed by atoms with Crippen molar-refractivity contribution < 1.29 is 24.2 Å². The molecule has 0 aliphatic heterocycles. The van der Waals surface area contributed by atoms with Crippen LogP contribution in [0.3, 0.4) is 0 Å². The molecule has 6 heteroatoms. The van der Waals surface area contributed by atoms with Gasteiger partial charge in [0.05, 0.1) is 5.57 Å². The zero-order valence-electron chi connectivity index (χ0n) is 8.81. The van der Waals surface area contributed by atoms with Gasteiger partial charge in [0.25, 0.3) is 0 Å². The van der Waals surface area contributed by atoms with E-state index in [1.165, 1.54) is 25.1 Å². The Kier molecular flexibility index (Phi) is 4.12. The van der Waals surface area contributed by atoms with E-state index in [1.54, 1.807) is 0 Å². The normalized spacial score (nSPS) is 12.6. The standard InChI is InChI=1S/C11H9ClO5/c1-6(4-10(13)14)8(11(15)16)5-7-2-3-9(12)17-7/h2-5H,1H3,(H,13,14)(H,15,16). The topological polar surface area (TPSA) is 87.7 Å². The molecule has 0 amide bonds. The summed E-state index contributed by atoms with van der Waals surface area (Å²) in [5, 5.41) is 17.6. The molecule has 90 valence electrons. The first kappa shape index (κ1) is 13.1. The Morgan fingerprint density at radius 1 is 1.35 bits per heavy atom. The highest BCUT2D eigenvalue weighted by molar-refractivity contribution is 6.28. The molecule has 0 atom stereocenters. The summed E-state index contributed by atoms with van der Waals surface area (Å²) in [5.41, 5.74) is -0.0593. The van der Waals surface area contributed by atoms with Crippen molar-refractivity contribution in [3.63, 3.8) is 0 Å². The van der Waals surface area contributed by atoms with Gasteiger partial charge in [-0.3, -0.25) is 0 Å². The second-order valence-corrected chi connectivity index (χ2v) is 3.54. The highest BCUT2D eigenvalue weighted by atomic mass is 35.5. The number of hydrogen-bond acceptors (Lipinski definition) is 3. The molecule has 0 aromatic carbocycles. The van der Waals surface area contributed by atoms with Crippen LogP contribution in [-0.4, -0.2) is 22.2 Å². The van der Waals surface area contributed by atoms with Gasteiger partial charge in [0.1, 0.15) is 5.76 Å². The van der Waals surface area contributed by atoms with E-state index in [-0.39, 0.29) is 22.1 Å². The number of furan rings is 1. The lowest BCUT2D eigenvalue weighted by Gasteiger charge is -2.00. The fraction of sp³-hybridized carbons (Fsp3) is 0.0909.